The Labute approximate surface area is 175 Å². The maximum absolute atomic E-state index is 12.9. The maximum Gasteiger partial charge on any atom is 0.272 e. The molecule has 8 heteroatoms. The Hall–Kier alpha value is -1.27. The lowest BCUT2D eigenvalue weighted by atomic mass is 9.95. The number of nitrogens with zero attached hydrogens (tertiary/aromatic N) is 2. The highest BCUT2D eigenvalue weighted by atomic mass is 35.5. The molecule has 1 aliphatic carbocycles. The summed E-state index contributed by atoms with van der Waals surface area (Å²) < 4.78 is 1.82. The molecule has 1 fully saturated rings. The summed E-state index contributed by atoms with van der Waals surface area (Å²) in [7, 11) is 0. The van der Waals surface area contributed by atoms with Gasteiger partial charge in [-0.15, -0.1) is 12.4 Å². The van der Waals surface area contributed by atoms with Crippen molar-refractivity contribution in [2.45, 2.75) is 38.6 Å². The summed E-state index contributed by atoms with van der Waals surface area (Å²) >= 11 is 12.4. The molecular weight excluding hydrogens is 407 g/mol. The quantitative estimate of drug-likeness (QED) is 0.780. The number of aromatic nitrogens is 2. The van der Waals surface area contributed by atoms with E-state index in [1.54, 1.807) is 12.1 Å². The third-order valence-corrected chi connectivity index (χ3v) is 5.92. The summed E-state index contributed by atoms with van der Waals surface area (Å²) in [6.45, 7) is 4.02. The average molecular weight is 430 g/mol. The molecule has 0 bridgehead atoms. The van der Waals surface area contributed by atoms with E-state index >= 15 is 0 Å². The minimum absolute atomic E-state index is 0. The monoisotopic (exact) mass is 428 g/mol. The second kappa shape index (κ2) is 8.39. The van der Waals surface area contributed by atoms with Gasteiger partial charge in [0, 0.05) is 22.3 Å². The molecule has 146 valence electrons. The molecule has 27 heavy (non-hydrogen) atoms. The Morgan fingerprint density at radius 3 is 2.89 bits per heavy atom. The molecule has 4 rings (SSSR count). The molecule has 2 aromatic rings. The number of benzene rings is 1. The first-order chi connectivity index (χ1) is 12.5. The van der Waals surface area contributed by atoms with Gasteiger partial charge in [0.2, 0.25) is 0 Å². The van der Waals surface area contributed by atoms with Crippen molar-refractivity contribution in [1.82, 2.24) is 20.4 Å². The van der Waals surface area contributed by atoms with Gasteiger partial charge in [-0.25, -0.2) is 4.68 Å². The van der Waals surface area contributed by atoms with Crippen LogP contribution in [0.3, 0.4) is 0 Å². The van der Waals surface area contributed by atoms with Gasteiger partial charge >= 0.3 is 0 Å². The first kappa shape index (κ1) is 20.5. The van der Waals surface area contributed by atoms with Gasteiger partial charge in [0.15, 0.2) is 5.69 Å². The molecule has 0 spiro atoms. The zero-order valence-electron chi connectivity index (χ0n) is 15.1. The highest BCUT2D eigenvalue weighted by Crippen LogP contribution is 2.31. The van der Waals surface area contributed by atoms with E-state index in [4.69, 9.17) is 23.2 Å². The van der Waals surface area contributed by atoms with Crippen molar-refractivity contribution in [2.24, 2.45) is 5.92 Å². The second-order valence-corrected chi connectivity index (χ2v) is 8.03. The molecule has 1 amide bonds. The van der Waals surface area contributed by atoms with Crippen LogP contribution in [0.15, 0.2) is 18.2 Å². The van der Waals surface area contributed by atoms with E-state index in [1.807, 2.05) is 10.7 Å². The van der Waals surface area contributed by atoms with E-state index in [1.165, 1.54) is 0 Å². The number of halogens is 3. The zero-order valence-corrected chi connectivity index (χ0v) is 17.4. The normalized spacial score (nSPS) is 21.4. The van der Waals surface area contributed by atoms with Crippen LogP contribution < -0.4 is 10.6 Å². The Kier molecular flexibility index (Phi) is 6.36. The number of hydrogen-bond donors (Lipinski definition) is 2. The van der Waals surface area contributed by atoms with Crippen LogP contribution in [-0.4, -0.2) is 34.8 Å². The van der Waals surface area contributed by atoms with Crippen molar-refractivity contribution in [3.05, 3.63) is 45.2 Å². The van der Waals surface area contributed by atoms with Gasteiger partial charge in [-0.3, -0.25) is 4.79 Å². The number of nitrogens with one attached hydrogen (secondary N) is 2. The molecule has 0 radical (unpaired) electrons. The standard InChI is InChI=1S/C19H22Cl2N4O.ClH/c1-11-10-22-8-7-15(11)23-19(26)18-13-3-2-4-16(13)25(24-18)17-6-5-12(20)9-14(17)21;/h5-6,9,11,15,22H,2-4,7-8,10H2,1H3,(H,23,26);1H. The molecule has 1 aromatic carbocycles. The highest BCUT2D eigenvalue weighted by Gasteiger charge is 2.30. The Morgan fingerprint density at radius 2 is 2.15 bits per heavy atom. The summed E-state index contributed by atoms with van der Waals surface area (Å²) in [5.74, 6) is 0.333. The van der Waals surface area contributed by atoms with Crippen LogP contribution >= 0.6 is 35.6 Å². The Bertz CT molecular complexity index is 852. The molecule has 2 unspecified atom stereocenters. The number of fused-ring (bicyclic) bond motifs is 1. The first-order valence-corrected chi connectivity index (χ1v) is 9.88. The molecule has 2 atom stereocenters. The van der Waals surface area contributed by atoms with Gasteiger partial charge in [0.25, 0.3) is 5.91 Å². The van der Waals surface area contributed by atoms with Gasteiger partial charge < -0.3 is 10.6 Å². The lowest BCUT2D eigenvalue weighted by Gasteiger charge is -2.30. The fraction of sp³-hybridized carbons (Fsp3) is 0.474. The molecular formula is C19H23Cl3N4O. The van der Waals surface area contributed by atoms with Crippen molar-refractivity contribution in [3.8, 4) is 5.69 Å². The third kappa shape index (κ3) is 3.97. The predicted molar refractivity (Wildman–Crippen MR) is 111 cm³/mol. The zero-order chi connectivity index (χ0) is 18.3. The maximum atomic E-state index is 12.9. The summed E-state index contributed by atoms with van der Waals surface area (Å²) in [5, 5.41) is 12.3. The molecule has 1 aliphatic heterocycles. The van der Waals surface area contributed by atoms with Crippen LogP contribution in [0.1, 0.15) is 41.5 Å². The third-order valence-electron chi connectivity index (χ3n) is 5.39. The smallest absolute Gasteiger partial charge is 0.272 e. The lowest BCUT2D eigenvalue weighted by Crippen LogP contribution is -2.48. The molecule has 1 saturated heterocycles. The van der Waals surface area contributed by atoms with Crippen molar-refractivity contribution >= 4 is 41.5 Å². The number of carbonyl (C=O) groups excluding carboxylic acids is 1. The Balaban J connectivity index is 0.00000210. The van der Waals surface area contributed by atoms with E-state index in [9.17, 15) is 4.79 Å². The average Bonchev–Trinajstić information content (AvgIpc) is 3.20. The molecule has 1 aromatic heterocycles. The highest BCUT2D eigenvalue weighted by molar-refractivity contribution is 6.35. The molecule has 2 N–H and O–H groups in total. The number of rotatable bonds is 3. The Morgan fingerprint density at radius 1 is 1.33 bits per heavy atom. The summed E-state index contributed by atoms with van der Waals surface area (Å²) in [6.07, 6.45) is 3.75. The number of carbonyl (C=O) groups is 1. The van der Waals surface area contributed by atoms with Crippen LogP contribution in [0.5, 0.6) is 0 Å². The van der Waals surface area contributed by atoms with Crippen LogP contribution in [0, 0.1) is 5.92 Å². The van der Waals surface area contributed by atoms with E-state index in [2.05, 4.69) is 22.7 Å². The first-order valence-electron chi connectivity index (χ1n) is 9.12. The van der Waals surface area contributed by atoms with E-state index < -0.39 is 0 Å². The van der Waals surface area contributed by atoms with Crippen molar-refractivity contribution in [2.75, 3.05) is 13.1 Å². The van der Waals surface area contributed by atoms with Crippen molar-refractivity contribution in [1.29, 1.82) is 0 Å². The van der Waals surface area contributed by atoms with Gasteiger partial charge in [0.1, 0.15) is 0 Å². The van der Waals surface area contributed by atoms with Crippen molar-refractivity contribution in [3.63, 3.8) is 0 Å². The molecule has 2 aliphatic rings. The van der Waals surface area contributed by atoms with E-state index in [0.717, 1.165) is 55.7 Å². The summed E-state index contributed by atoms with van der Waals surface area (Å²) in [5.41, 5.74) is 3.44. The summed E-state index contributed by atoms with van der Waals surface area (Å²) in [6, 6.07) is 5.54. The fourth-order valence-electron chi connectivity index (χ4n) is 3.94. The molecule has 5 nitrogen and oxygen atoms in total. The van der Waals surface area contributed by atoms with Crippen LogP contribution in [0.4, 0.5) is 0 Å². The molecule has 2 heterocycles. The SMILES string of the molecule is CC1CNCCC1NC(=O)c1nn(-c2ccc(Cl)cc2Cl)c2c1CCC2.Cl. The van der Waals surface area contributed by atoms with Crippen LogP contribution in [-0.2, 0) is 12.8 Å². The van der Waals surface area contributed by atoms with E-state index in [0.29, 0.717) is 21.7 Å². The lowest BCUT2D eigenvalue weighted by molar-refractivity contribution is 0.0907. The van der Waals surface area contributed by atoms with Gasteiger partial charge in [0.05, 0.1) is 10.7 Å². The topological polar surface area (TPSA) is 58.9 Å². The summed E-state index contributed by atoms with van der Waals surface area (Å²) in [4.78, 5) is 12.9. The molecule has 0 saturated carbocycles. The van der Waals surface area contributed by atoms with Gasteiger partial charge in [-0.2, -0.15) is 5.10 Å². The fourth-order valence-corrected chi connectivity index (χ4v) is 4.43. The minimum atomic E-state index is -0.0780. The van der Waals surface area contributed by atoms with Crippen molar-refractivity contribution < 1.29 is 4.79 Å². The minimum Gasteiger partial charge on any atom is -0.348 e. The van der Waals surface area contributed by atoms with Crippen LogP contribution in [0.25, 0.3) is 5.69 Å². The number of piperidine rings is 1. The van der Waals surface area contributed by atoms with Crippen LogP contribution in [0.2, 0.25) is 10.0 Å². The van der Waals surface area contributed by atoms with Gasteiger partial charge in [-0.05, 0) is 62.9 Å². The number of amides is 1. The van der Waals surface area contributed by atoms with Gasteiger partial charge in [-0.1, -0.05) is 30.1 Å². The second-order valence-electron chi connectivity index (χ2n) is 7.18. The number of hydrogen-bond acceptors (Lipinski definition) is 3. The largest absolute Gasteiger partial charge is 0.348 e. The predicted octanol–water partition coefficient (Wildman–Crippen LogP) is 3.82. The van der Waals surface area contributed by atoms with E-state index in [-0.39, 0.29) is 24.4 Å².